The lowest BCUT2D eigenvalue weighted by Crippen LogP contribution is -2.41. The molecular weight excluding hydrogens is 316 g/mol. The van der Waals surface area contributed by atoms with Crippen LogP contribution in [0.4, 0.5) is 0 Å². The van der Waals surface area contributed by atoms with Gasteiger partial charge in [-0.1, -0.05) is 50.9 Å². The van der Waals surface area contributed by atoms with Crippen molar-refractivity contribution < 1.29 is 19.1 Å². The molecule has 0 aromatic heterocycles. The van der Waals surface area contributed by atoms with Gasteiger partial charge in [0.05, 0.1) is 6.61 Å². The monoisotopic (exact) mass is 340 g/mol. The minimum absolute atomic E-state index is 0.0867. The fourth-order valence-electron chi connectivity index (χ4n) is 2.27. The molecule has 0 heterocycles. The first-order chi connectivity index (χ1) is 11.0. The quantitative estimate of drug-likeness (QED) is 0.376. The molecule has 23 heavy (non-hydrogen) atoms. The predicted molar refractivity (Wildman–Crippen MR) is 90.1 cm³/mol. The molecule has 0 saturated carbocycles. The van der Waals surface area contributed by atoms with Gasteiger partial charge in [-0.3, -0.25) is 9.59 Å². The Labute approximate surface area is 143 Å². The summed E-state index contributed by atoms with van der Waals surface area (Å²) < 4.78 is 10.6. The van der Waals surface area contributed by atoms with E-state index in [0.717, 1.165) is 18.4 Å². The maximum atomic E-state index is 12.5. The molecule has 0 aliphatic heterocycles. The first-order valence-electron chi connectivity index (χ1n) is 8.09. The summed E-state index contributed by atoms with van der Waals surface area (Å²) in [5, 5.41) is 0.578. The molecule has 1 aromatic rings. The molecule has 0 N–H and O–H groups in total. The predicted octanol–water partition coefficient (Wildman–Crippen LogP) is 4.53. The number of carbonyl (C=O) groups excluding carboxylic acids is 2. The number of ether oxygens (including phenoxy) is 2. The Hall–Kier alpha value is -1.55. The zero-order valence-corrected chi connectivity index (χ0v) is 14.8. The van der Waals surface area contributed by atoms with Crippen molar-refractivity contribution in [2.24, 2.45) is 5.41 Å². The van der Waals surface area contributed by atoms with Crippen LogP contribution in [0.2, 0.25) is 5.02 Å². The summed E-state index contributed by atoms with van der Waals surface area (Å²) in [7, 11) is 0. The fraction of sp³-hybridized carbons (Fsp3) is 0.556. The van der Waals surface area contributed by atoms with E-state index in [1.165, 1.54) is 0 Å². The highest BCUT2D eigenvalue weighted by molar-refractivity contribution is 6.30. The van der Waals surface area contributed by atoms with Gasteiger partial charge in [0.1, 0.15) is 6.61 Å². The Morgan fingerprint density at radius 3 is 2.30 bits per heavy atom. The topological polar surface area (TPSA) is 52.6 Å². The van der Waals surface area contributed by atoms with Crippen LogP contribution in [0.15, 0.2) is 24.3 Å². The van der Waals surface area contributed by atoms with E-state index in [-0.39, 0.29) is 6.61 Å². The highest BCUT2D eigenvalue weighted by Gasteiger charge is 2.45. The van der Waals surface area contributed by atoms with Crippen molar-refractivity contribution in [3.05, 3.63) is 34.9 Å². The lowest BCUT2D eigenvalue weighted by atomic mass is 9.82. The summed E-state index contributed by atoms with van der Waals surface area (Å²) in [5.74, 6) is -1.03. The summed E-state index contributed by atoms with van der Waals surface area (Å²) in [6.45, 7) is 6.03. The maximum Gasteiger partial charge on any atom is 0.323 e. The minimum atomic E-state index is -1.23. The number of halogens is 1. The standard InChI is InChI=1S/C18H25ClO4/c1-4-7-11-22-16(20)18(5-2,6-3)17(21)23-13-14-9-8-10-15(19)12-14/h8-10,12H,4-7,11,13H2,1-3H3. The Bertz CT molecular complexity index is 524. The molecule has 0 radical (unpaired) electrons. The largest absolute Gasteiger partial charge is 0.465 e. The zero-order chi connectivity index (χ0) is 17.3. The van der Waals surface area contributed by atoms with Crippen LogP contribution in [0.5, 0.6) is 0 Å². The van der Waals surface area contributed by atoms with Gasteiger partial charge < -0.3 is 9.47 Å². The molecule has 0 atom stereocenters. The van der Waals surface area contributed by atoms with Crippen LogP contribution in [0.1, 0.15) is 52.0 Å². The van der Waals surface area contributed by atoms with Gasteiger partial charge in [-0.15, -0.1) is 0 Å². The molecule has 0 aliphatic rings. The number of esters is 2. The Balaban J connectivity index is 2.74. The van der Waals surface area contributed by atoms with E-state index in [1.807, 2.05) is 13.0 Å². The Morgan fingerprint density at radius 1 is 1.09 bits per heavy atom. The van der Waals surface area contributed by atoms with E-state index >= 15 is 0 Å². The Kier molecular flexibility index (Phi) is 8.10. The van der Waals surface area contributed by atoms with E-state index in [9.17, 15) is 9.59 Å². The van der Waals surface area contributed by atoms with E-state index in [4.69, 9.17) is 21.1 Å². The van der Waals surface area contributed by atoms with Gasteiger partial charge in [0.15, 0.2) is 5.41 Å². The zero-order valence-electron chi connectivity index (χ0n) is 14.1. The molecule has 0 unspecified atom stereocenters. The van der Waals surface area contributed by atoms with Crippen molar-refractivity contribution in [2.75, 3.05) is 6.61 Å². The van der Waals surface area contributed by atoms with Crippen molar-refractivity contribution in [3.8, 4) is 0 Å². The van der Waals surface area contributed by atoms with Gasteiger partial charge >= 0.3 is 11.9 Å². The number of rotatable bonds is 9. The van der Waals surface area contributed by atoms with Crippen LogP contribution < -0.4 is 0 Å². The second-order valence-corrected chi connectivity index (χ2v) is 5.92. The number of hydrogen-bond acceptors (Lipinski definition) is 4. The van der Waals surface area contributed by atoms with Crippen LogP contribution in [0, 0.1) is 5.41 Å². The summed E-state index contributed by atoms with van der Waals surface area (Å²) in [6.07, 6.45) is 2.41. The average Bonchev–Trinajstić information content (AvgIpc) is 2.55. The third kappa shape index (κ3) is 5.24. The smallest absolute Gasteiger partial charge is 0.323 e. The third-order valence-electron chi connectivity index (χ3n) is 3.98. The molecule has 0 amide bonds. The summed E-state index contributed by atoms with van der Waals surface area (Å²) in [5.41, 5.74) is -0.446. The number of carbonyl (C=O) groups is 2. The minimum Gasteiger partial charge on any atom is -0.465 e. The molecule has 128 valence electrons. The van der Waals surface area contributed by atoms with Gasteiger partial charge in [0, 0.05) is 5.02 Å². The molecule has 4 nitrogen and oxygen atoms in total. The SMILES string of the molecule is CCCCOC(=O)C(CC)(CC)C(=O)OCc1cccc(Cl)c1. The van der Waals surface area contributed by atoms with Crippen molar-refractivity contribution >= 4 is 23.5 Å². The second kappa shape index (κ2) is 9.56. The van der Waals surface area contributed by atoms with Crippen LogP contribution >= 0.6 is 11.6 Å². The van der Waals surface area contributed by atoms with Crippen LogP contribution in [-0.2, 0) is 25.7 Å². The van der Waals surface area contributed by atoms with E-state index < -0.39 is 17.4 Å². The van der Waals surface area contributed by atoms with Crippen LogP contribution in [0.25, 0.3) is 0 Å². The first-order valence-corrected chi connectivity index (χ1v) is 8.46. The lowest BCUT2D eigenvalue weighted by molar-refractivity contribution is -0.174. The van der Waals surface area contributed by atoms with Gasteiger partial charge in [-0.2, -0.15) is 0 Å². The van der Waals surface area contributed by atoms with Crippen molar-refractivity contribution in [3.63, 3.8) is 0 Å². The third-order valence-corrected chi connectivity index (χ3v) is 4.21. The molecule has 0 aliphatic carbocycles. The maximum absolute atomic E-state index is 12.5. The molecular formula is C18H25ClO4. The first kappa shape index (κ1) is 19.5. The average molecular weight is 341 g/mol. The van der Waals surface area contributed by atoms with Crippen LogP contribution in [-0.4, -0.2) is 18.5 Å². The molecule has 1 rings (SSSR count). The lowest BCUT2D eigenvalue weighted by Gasteiger charge is -2.27. The number of hydrogen-bond donors (Lipinski definition) is 0. The van der Waals surface area contributed by atoms with Gasteiger partial charge in [0.2, 0.25) is 0 Å². The van der Waals surface area contributed by atoms with Gasteiger partial charge in [-0.25, -0.2) is 0 Å². The van der Waals surface area contributed by atoms with Crippen molar-refractivity contribution in [2.45, 2.75) is 53.1 Å². The summed E-state index contributed by atoms with van der Waals surface area (Å²) in [4.78, 5) is 24.9. The normalized spacial score (nSPS) is 11.1. The highest BCUT2D eigenvalue weighted by atomic mass is 35.5. The molecule has 5 heteroatoms. The van der Waals surface area contributed by atoms with E-state index in [0.29, 0.717) is 24.5 Å². The van der Waals surface area contributed by atoms with Gasteiger partial charge in [0.25, 0.3) is 0 Å². The molecule has 0 saturated heterocycles. The van der Waals surface area contributed by atoms with E-state index in [2.05, 4.69) is 0 Å². The fourth-order valence-corrected chi connectivity index (χ4v) is 2.48. The van der Waals surface area contributed by atoms with Crippen molar-refractivity contribution in [1.82, 2.24) is 0 Å². The molecule has 0 fully saturated rings. The van der Waals surface area contributed by atoms with Crippen molar-refractivity contribution in [1.29, 1.82) is 0 Å². The highest BCUT2D eigenvalue weighted by Crippen LogP contribution is 2.30. The summed E-state index contributed by atoms with van der Waals surface area (Å²) in [6, 6.07) is 7.09. The van der Waals surface area contributed by atoms with Crippen LogP contribution in [0.3, 0.4) is 0 Å². The number of benzene rings is 1. The second-order valence-electron chi connectivity index (χ2n) is 5.48. The molecule has 0 spiro atoms. The Morgan fingerprint density at radius 2 is 1.74 bits per heavy atom. The summed E-state index contributed by atoms with van der Waals surface area (Å²) >= 11 is 5.91. The van der Waals surface area contributed by atoms with Gasteiger partial charge in [-0.05, 0) is 37.0 Å². The number of unbranched alkanes of at least 4 members (excludes halogenated alkanes) is 1. The van der Waals surface area contributed by atoms with E-state index in [1.54, 1.807) is 32.0 Å². The molecule has 0 bridgehead atoms. The molecule has 1 aromatic carbocycles.